The fraction of sp³-hybridized carbons (Fsp3) is 0.500. The normalized spacial score (nSPS) is 11.9. The number of hydrogen-bond donors (Lipinski definition) is 3. The number of nitrogens with zero attached hydrogens (tertiary/aromatic N) is 4. The molecule has 0 saturated heterocycles. The van der Waals surface area contributed by atoms with Crippen LogP contribution < -0.4 is 10.1 Å². The van der Waals surface area contributed by atoms with Gasteiger partial charge in [0.25, 0.3) is 0 Å². The Hall–Kier alpha value is -2.48. The molecule has 3 N–H and O–H groups in total. The molecule has 0 fully saturated rings. The largest absolute Gasteiger partial charge is 0.482 e. The summed E-state index contributed by atoms with van der Waals surface area (Å²) in [5.74, 6) is 1.64. The molecule has 0 aliphatic heterocycles. The van der Waals surface area contributed by atoms with E-state index in [1.54, 1.807) is 18.5 Å². The quantitative estimate of drug-likeness (QED) is 0.578. The van der Waals surface area contributed by atoms with Crippen LogP contribution in [0, 0.1) is 0 Å². The number of anilines is 1. The molecular weight excluding hydrogens is 308 g/mol. The Labute approximate surface area is 141 Å². The molecule has 0 aliphatic rings. The van der Waals surface area contributed by atoms with E-state index < -0.39 is 0 Å². The summed E-state index contributed by atoms with van der Waals surface area (Å²) in [6.45, 7) is 6.23. The van der Waals surface area contributed by atoms with Crippen LogP contribution in [0.3, 0.4) is 0 Å². The zero-order valence-electron chi connectivity index (χ0n) is 13.9. The number of aliphatic hydroxyl groups excluding tert-OH is 1. The summed E-state index contributed by atoms with van der Waals surface area (Å²) in [5, 5.41) is 22.9. The van der Waals surface area contributed by atoms with Crippen LogP contribution in [0.25, 0.3) is 6.08 Å². The van der Waals surface area contributed by atoms with Crippen LogP contribution in [0.2, 0.25) is 0 Å². The molecular formula is C16H24N6O2. The van der Waals surface area contributed by atoms with Gasteiger partial charge in [-0.3, -0.25) is 0 Å². The van der Waals surface area contributed by atoms with E-state index in [1.165, 1.54) is 0 Å². The monoisotopic (exact) mass is 332 g/mol. The van der Waals surface area contributed by atoms with Crippen LogP contribution in [0.1, 0.15) is 44.1 Å². The first-order chi connectivity index (χ1) is 11.8. The molecule has 2 aromatic rings. The van der Waals surface area contributed by atoms with Crippen molar-refractivity contribution in [2.45, 2.75) is 45.3 Å². The molecule has 130 valence electrons. The van der Waals surface area contributed by atoms with Crippen LogP contribution in [-0.2, 0) is 6.61 Å². The van der Waals surface area contributed by atoms with Crippen molar-refractivity contribution in [3.8, 4) is 5.75 Å². The van der Waals surface area contributed by atoms with Gasteiger partial charge in [-0.1, -0.05) is 26.3 Å². The highest BCUT2D eigenvalue weighted by atomic mass is 16.5. The van der Waals surface area contributed by atoms with E-state index in [0.717, 1.165) is 19.3 Å². The fourth-order valence-electron chi connectivity index (χ4n) is 2.23. The molecule has 8 nitrogen and oxygen atoms in total. The van der Waals surface area contributed by atoms with Crippen molar-refractivity contribution in [2.75, 3.05) is 11.9 Å². The first-order valence-corrected chi connectivity index (χ1v) is 8.11. The summed E-state index contributed by atoms with van der Waals surface area (Å²) in [6, 6.07) is 0.122. The maximum Gasteiger partial charge on any atom is 0.180 e. The van der Waals surface area contributed by atoms with Gasteiger partial charge >= 0.3 is 0 Å². The van der Waals surface area contributed by atoms with Gasteiger partial charge in [0.05, 0.1) is 12.4 Å². The maximum atomic E-state index is 9.27. The van der Waals surface area contributed by atoms with E-state index in [1.807, 2.05) is 0 Å². The molecule has 2 heterocycles. The average molecular weight is 332 g/mol. The predicted molar refractivity (Wildman–Crippen MR) is 91.5 cm³/mol. The van der Waals surface area contributed by atoms with Crippen LogP contribution >= 0.6 is 0 Å². The zero-order chi connectivity index (χ0) is 17.2. The fourth-order valence-corrected chi connectivity index (χ4v) is 2.23. The van der Waals surface area contributed by atoms with Gasteiger partial charge in [-0.25, -0.2) is 9.97 Å². The Morgan fingerprint density at radius 3 is 2.96 bits per heavy atom. The van der Waals surface area contributed by atoms with Gasteiger partial charge in [0.1, 0.15) is 12.3 Å². The number of aliphatic hydroxyl groups is 1. The lowest BCUT2D eigenvalue weighted by atomic mass is 10.1. The highest BCUT2D eigenvalue weighted by Crippen LogP contribution is 2.24. The summed E-state index contributed by atoms with van der Waals surface area (Å²) >= 11 is 0. The SMILES string of the molecule is C=Cc1ncc(OCc2cn[nH]n2)c(N[C@H](CCO)CCCC)n1. The first kappa shape index (κ1) is 17.9. The number of hydrogen-bond acceptors (Lipinski definition) is 7. The minimum atomic E-state index is 0.121. The van der Waals surface area contributed by atoms with Crippen molar-refractivity contribution in [1.82, 2.24) is 25.4 Å². The summed E-state index contributed by atoms with van der Waals surface area (Å²) in [4.78, 5) is 8.62. The third-order valence-corrected chi connectivity index (χ3v) is 3.52. The first-order valence-electron chi connectivity index (χ1n) is 8.11. The molecule has 0 spiro atoms. The smallest absolute Gasteiger partial charge is 0.180 e. The van der Waals surface area contributed by atoms with Crippen molar-refractivity contribution in [3.05, 3.63) is 30.5 Å². The maximum absolute atomic E-state index is 9.27. The standard InChI is InChI=1S/C16H24N6O2/c1-3-5-6-12(7-8-23)19-16-14(10-17-15(4-2)20-16)24-11-13-9-18-22-21-13/h4,9-10,12,23H,2-3,5-8,11H2,1H3,(H,17,19,20)(H,18,21,22)/t12-/m0/s1. The Morgan fingerprint density at radius 2 is 2.29 bits per heavy atom. The molecule has 0 unspecified atom stereocenters. The molecule has 8 heteroatoms. The minimum absolute atomic E-state index is 0.121. The van der Waals surface area contributed by atoms with Crippen molar-refractivity contribution >= 4 is 11.9 Å². The molecule has 2 aromatic heterocycles. The number of nitrogens with one attached hydrogen (secondary N) is 2. The van der Waals surface area contributed by atoms with Crippen LogP contribution in [-0.4, -0.2) is 43.1 Å². The zero-order valence-corrected chi connectivity index (χ0v) is 13.9. The molecule has 0 bridgehead atoms. The van der Waals surface area contributed by atoms with E-state index in [0.29, 0.717) is 29.5 Å². The van der Waals surface area contributed by atoms with Crippen molar-refractivity contribution in [2.24, 2.45) is 0 Å². The Bertz CT molecular complexity index is 617. The number of H-pyrrole nitrogens is 1. The summed E-state index contributed by atoms with van der Waals surface area (Å²) in [6.07, 6.45) is 8.57. The van der Waals surface area contributed by atoms with Gasteiger partial charge in [-0.05, 0) is 18.9 Å². The topological polar surface area (TPSA) is 109 Å². The Balaban J connectivity index is 2.12. The molecule has 0 radical (unpaired) electrons. The third kappa shape index (κ3) is 5.31. The van der Waals surface area contributed by atoms with Crippen LogP contribution in [0.4, 0.5) is 5.82 Å². The number of rotatable bonds is 11. The summed E-state index contributed by atoms with van der Waals surface area (Å²) in [5.41, 5.74) is 0.687. The van der Waals surface area contributed by atoms with Crippen LogP contribution in [0.5, 0.6) is 5.75 Å². The second kappa shape index (κ2) is 9.61. The van der Waals surface area contributed by atoms with Crippen LogP contribution in [0.15, 0.2) is 19.0 Å². The predicted octanol–water partition coefficient (Wildman–Crippen LogP) is 2.17. The van der Waals surface area contributed by atoms with Gasteiger partial charge < -0.3 is 15.2 Å². The molecule has 1 atom stereocenters. The number of aromatic amines is 1. The molecule has 0 aromatic carbocycles. The third-order valence-electron chi connectivity index (χ3n) is 3.52. The van der Waals surface area contributed by atoms with Crippen molar-refractivity contribution < 1.29 is 9.84 Å². The molecule has 2 rings (SSSR count). The lowest BCUT2D eigenvalue weighted by Crippen LogP contribution is -2.22. The second-order valence-corrected chi connectivity index (χ2v) is 5.39. The Kier molecular flexibility index (Phi) is 7.16. The van der Waals surface area contributed by atoms with E-state index in [9.17, 15) is 5.11 Å². The lowest BCUT2D eigenvalue weighted by Gasteiger charge is -2.20. The minimum Gasteiger partial charge on any atom is -0.482 e. The lowest BCUT2D eigenvalue weighted by molar-refractivity contribution is 0.275. The highest BCUT2D eigenvalue weighted by molar-refractivity contribution is 5.52. The van der Waals surface area contributed by atoms with Gasteiger partial charge in [0.15, 0.2) is 17.4 Å². The number of ether oxygens (including phenoxy) is 1. The van der Waals surface area contributed by atoms with E-state index in [4.69, 9.17) is 4.74 Å². The number of aromatic nitrogens is 5. The molecule has 0 aliphatic carbocycles. The van der Waals surface area contributed by atoms with Gasteiger partial charge in [-0.15, -0.1) is 0 Å². The van der Waals surface area contributed by atoms with E-state index in [2.05, 4.69) is 44.2 Å². The van der Waals surface area contributed by atoms with Crippen molar-refractivity contribution in [3.63, 3.8) is 0 Å². The van der Waals surface area contributed by atoms with E-state index in [-0.39, 0.29) is 19.3 Å². The average Bonchev–Trinajstić information content (AvgIpc) is 3.12. The second-order valence-electron chi connectivity index (χ2n) is 5.39. The highest BCUT2D eigenvalue weighted by Gasteiger charge is 2.14. The van der Waals surface area contributed by atoms with E-state index >= 15 is 0 Å². The van der Waals surface area contributed by atoms with Gasteiger partial charge in [0.2, 0.25) is 0 Å². The van der Waals surface area contributed by atoms with Crippen molar-refractivity contribution in [1.29, 1.82) is 0 Å². The van der Waals surface area contributed by atoms with Gasteiger partial charge in [0, 0.05) is 12.6 Å². The summed E-state index contributed by atoms with van der Waals surface area (Å²) < 4.78 is 5.76. The molecule has 24 heavy (non-hydrogen) atoms. The molecule has 0 amide bonds. The summed E-state index contributed by atoms with van der Waals surface area (Å²) in [7, 11) is 0. The Morgan fingerprint density at radius 1 is 1.42 bits per heavy atom. The number of unbranched alkanes of at least 4 members (excludes halogenated alkanes) is 1. The molecule has 0 saturated carbocycles. The van der Waals surface area contributed by atoms with Gasteiger partial charge in [-0.2, -0.15) is 15.4 Å².